The summed E-state index contributed by atoms with van der Waals surface area (Å²) in [5.74, 6) is 2.76. The molecule has 9 nitrogen and oxygen atoms in total. The number of hydrogen-bond donors (Lipinski definition) is 2. The van der Waals surface area contributed by atoms with Crippen molar-refractivity contribution >= 4 is 33.4 Å². The van der Waals surface area contributed by atoms with E-state index in [1.165, 1.54) is 52.7 Å². The number of sulfonamides is 1. The topological polar surface area (TPSA) is 112 Å². The van der Waals surface area contributed by atoms with Crippen LogP contribution in [0.25, 0.3) is 6.08 Å². The first kappa shape index (κ1) is 23.4. The van der Waals surface area contributed by atoms with Gasteiger partial charge in [-0.25, -0.2) is 8.42 Å². The number of carbonyl (C=O) groups excluding carboxylic acids is 1. The predicted octanol–water partition coefficient (Wildman–Crippen LogP) is 2.71. The lowest BCUT2D eigenvalue weighted by molar-refractivity contribution is -0.111. The average Bonchev–Trinajstić information content (AvgIpc) is 2.76. The molecule has 0 saturated carbocycles. The molecule has 0 unspecified atom stereocenters. The number of methoxy groups -OCH3 is 4. The summed E-state index contributed by atoms with van der Waals surface area (Å²) >= 11 is 0. The van der Waals surface area contributed by atoms with E-state index in [4.69, 9.17) is 25.4 Å². The fourth-order valence-electron chi connectivity index (χ4n) is 2.58. The van der Waals surface area contributed by atoms with Crippen molar-refractivity contribution in [2.24, 2.45) is 0 Å². The highest BCUT2D eigenvalue weighted by Crippen LogP contribution is 2.35. The Morgan fingerprint density at radius 2 is 1.58 bits per heavy atom. The lowest BCUT2D eigenvalue weighted by atomic mass is 10.1. The van der Waals surface area contributed by atoms with Gasteiger partial charge in [-0.2, -0.15) is 0 Å². The maximum Gasteiger partial charge on any atom is 0.300 e. The van der Waals surface area contributed by atoms with E-state index >= 15 is 0 Å². The minimum atomic E-state index is -3.94. The van der Waals surface area contributed by atoms with E-state index in [1.807, 2.05) is 5.92 Å². The molecular weight excluding hydrogens is 424 g/mol. The van der Waals surface area contributed by atoms with E-state index in [1.54, 1.807) is 12.1 Å². The van der Waals surface area contributed by atoms with Gasteiger partial charge in [-0.3, -0.25) is 9.52 Å². The Morgan fingerprint density at radius 3 is 2.10 bits per heavy atom. The number of amides is 1. The quantitative estimate of drug-likeness (QED) is 0.570. The van der Waals surface area contributed by atoms with Gasteiger partial charge in [0.05, 0.1) is 50.8 Å². The molecule has 10 heteroatoms. The van der Waals surface area contributed by atoms with Gasteiger partial charge < -0.3 is 24.3 Å². The number of ether oxygens (including phenoxy) is 4. The van der Waals surface area contributed by atoms with Gasteiger partial charge in [0, 0.05) is 12.1 Å². The molecule has 0 aliphatic heterocycles. The Balaban J connectivity index is 2.34. The van der Waals surface area contributed by atoms with Crippen molar-refractivity contribution in [1.82, 2.24) is 0 Å². The molecule has 0 fully saturated rings. The van der Waals surface area contributed by atoms with Gasteiger partial charge in [-0.05, 0) is 30.2 Å². The Kier molecular flexibility index (Phi) is 7.76. The molecule has 2 aromatic carbocycles. The standard InChI is InChI=1S/C21H22N2O7S/c1-6-21(24)22-17-11-14(7-8-18(17)28-3)23-31(25,26)10-9-16-19(29-4)12-15(27-2)13-20(16)30-5/h1,7-13,23H,2-5H3,(H,22,24)/b10-9+. The summed E-state index contributed by atoms with van der Waals surface area (Å²) in [6.45, 7) is 0. The van der Waals surface area contributed by atoms with Crippen molar-refractivity contribution in [2.45, 2.75) is 0 Å². The molecule has 0 aromatic heterocycles. The van der Waals surface area contributed by atoms with Crippen molar-refractivity contribution < 1.29 is 32.2 Å². The Bertz CT molecular complexity index is 1110. The molecule has 164 valence electrons. The number of benzene rings is 2. The highest BCUT2D eigenvalue weighted by Gasteiger charge is 2.14. The van der Waals surface area contributed by atoms with Gasteiger partial charge in [0.2, 0.25) is 0 Å². The van der Waals surface area contributed by atoms with Gasteiger partial charge in [0.15, 0.2) is 0 Å². The van der Waals surface area contributed by atoms with Gasteiger partial charge in [-0.1, -0.05) is 0 Å². The number of rotatable bonds is 9. The molecule has 0 spiro atoms. The number of terminal acetylenes is 1. The molecule has 0 bridgehead atoms. The van der Waals surface area contributed by atoms with Gasteiger partial charge >= 0.3 is 0 Å². The number of nitrogens with one attached hydrogen (secondary N) is 2. The van der Waals surface area contributed by atoms with Crippen LogP contribution in [0.15, 0.2) is 35.7 Å². The number of anilines is 2. The maximum absolute atomic E-state index is 12.6. The van der Waals surface area contributed by atoms with Crippen LogP contribution in [0.5, 0.6) is 23.0 Å². The first-order chi connectivity index (χ1) is 14.8. The summed E-state index contributed by atoms with van der Waals surface area (Å²) in [7, 11) is 1.86. The molecule has 0 saturated heterocycles. The van der Waals surface area contributed by atoms with Gasteiger partial charge in [0.1, 0.15) is 23.0 Å². The summed E-state index contributed by atoms with van der Waals surface area (Å²) in [6.07, 6.45) is 6.40. The van der Waals surface area contributed by atoms with E-state index in [-0.39, 0.29) is 11.4 Å². The Morgan fingerprint density at radius 1 is 0.968 bits per heavy atom. The normalized spacial score (nSPS) is 10.8. The van der Waals surface area contributed by atoms with Crippen molar-refractivity contribution in [3.63, 3.8) is 0 Å². The Hall–Kier alpha value is -3.84. The van der Waals surface area contributed by atoms with Crippen LogP contribution in [0.3, 0.4) is 0 Å². The second kappa shape index (κ2) is 10.3. The largest absolute Gasteiger partial charge is 0.496 e. The third-order valence-corrected chi connectivity index (χ3v) is 5.02. The number of carbonyl (C=O) groups is 1. The van der Waals surface area contributed by atoms with Crippen LogP contribution >= 0.6 is 0 Å². The average molecular weight is 446 g/mol. The summed E-state index contributed by atoms with van der Waals surface area (Å²) < 4.78 is 48.5. The molecule has 2 rings (SSSR count). The second-order valence-corrected chi connectivity index (χ2v) is 7.48. The van der Waals surface area contributed by atoms with Crippen LogP contribution in [0.4, 0.5) is 11.4 Å². The van der Waals surface area contributed by atoms with Crippen LogP contribution in [0, 0.1) is 12.3 Å². The minimum absolute atomic E-state index is 0.187. The lowest BCUT2D eigenvalue weighted by Crippen LogP contribution is -2.12. The monoisotopic (exact) mass is 446 g/mol. The highest BCUT2D eigenvalue weighted by molar-refractivity contribution is 7.95. The smallest absolute Gasteiger partial charge is 0.300 e. The summed E-state index contributed by atoms with van der Waals surface area (Å²) in [5, 5.41) is 3.40. The van der Waals surface area contributed by atoms with Crippen LogP contribution in [0.2, 0.25) is 0 Å². The molecule has 2 N–H and O–H groups in total. The summed E-state index contributed by atoms with van der Waals surface area (Å²) in [4.78, 5) is 11.5. The maximum atomic E-state index is 12.6. The van der Waals surface area contributed by atoms with E-state index < -0.39 is 15.9 Å². The van der Waals surface area contributed by atoms with Crippen LogP contribution < -0.4 is 29.0 Å². The molecule has 0 aliphatic carbocycles. The lowest BCUT2D eigenvalue weighted by Gasteiger charge is -2.13. The molecule has 0 radical (unpaired) electrons. The van der Waals surface area contributed by atoms with Crippen LogP contribution in [-0.4, -0.2) is 42.8 Å². The first-order valence-electron chi connectivity index (χ1n) is 8.73. The highest BCUT2D eigenvalue weighted by atomic mass is 32.2. The molecule has 31 heavy (non-hydrogen) atoms. The molecule has 0 heterocycles. The molecular formula is C21H22N2O7S. The zero-order valence-corrected chi connectivity index (χ0v) is 18.2. The van der Waals surface area contributed by atoms with E-state index in [9.17, 15) is 13.2 Å². The predicted molar refractivity (Wildman–Crippen MR) is 118 cm³/mol. The zero-order chi connectivity index (χ0) is 23.0. The molecule has 1 amide bonds. The number of hydrogen-bond acceptors (Lipinski definition) is 7. The Labute approximate surface area is 181 Å². The fraction of sp³-hybridized carbons (Fsp3) is 0.190. The van der Waals surface area contributed by atoms with Gasteiger partial charge in [-0.15, -0.1) is 6.42 Å². The molecule has 2 aromatic rings. The van der Waals surface area contributed by atoms with E-state index in [2.05, 4.69) is 10.0 Å². The van der Waals surface area contributed by atoms with Crippen molar-refractivity contribution in [1.29, 1.82) is 0 Å². The van der Waals surface area contributed by atoms with Crippen molar-refractivity contribution in [2.75, 3.05) is 38.5 Å². The molecule has 0 aliphatic rings. The minimum Gasteiger partial charge on any atom is -0.496 e. The SMILES string of the molecule is C#CC(=O)Nc1cc(NS(=O)(=O)/C=C/c2c(OC)cc(OC)cc2OC)ccc1OC. The van der Waals surface area contributed by atoms with E-state index in [0.29, 0.717) is 28.6 Å². The molecule has 0 atom stereocenters. The zero-order valence-electron chi connectivity index (χ0n) is 17.4. The van der Waals surface area contributed by atoms with Crippen molar-refractivity contribution in [3.8, 4) is 35.3 Å². The van der Waals surface area contributed by atoms with Crippen LogP contribution in [-0.2, 0) is 14.8 Å². The second-order valence-electron chi connectivity index (χ2n) is 5.91. The fourth-order valence-corrected chi connectivity index (χ4v) is 3.42. The summed E-state index contributed by atoms with van der Waals surface area (Å²) in [6, 6.07) is 7.56. The van der Waals surface area contributed by atoms with E-state index in [0.717, 1.165) is 5.41 Å². The third kappa shape index (κ3) is 6.07. The van der Waals surface area contributed by atoms with Gasteiger partial charge in [0.25, 0.3) is 15.9 Å². The first-order valence-corrected chi connectivity index (χ1v) is 10.3. The van der Waals surface area contributed by atoms with Crippen LogP contribution in [0.1, 0.15) is 5.56 Å². The third-order valence-electron chi connectivity index (χ3n) is 4.01. The summed E-state index contributed by atoms with van der Waals surface area (Å²) in [5.41, 5.74) is 0.812. The van der Waals surface area contributed by atoms with Crippen molar-refractivity contribution in [3.05, 3.63) is 41.3 Å².